The molecule has 3 rings (SSSR count). The minimum Gasteiger partial charge on any atom is -0.504 e. The average molecular weight is 264 g/mol. The summed E-state index contributed by atoms with van der Waals surface area (Å²) < 4.78 is 1.79. The predicted molar refractivity (Wildman–Crippen MR) is 80.1 cm³/mol. The third-order valence-corrected chi connectivity index (χ3v) is 3.35. The highest BCUT2D eigenvalue weighted by Crippen LogP contribution is 2.33. The summed E-state index contributed by atoms with van der Waals surface area (Å²) in [5.74, 6) is 0.233. The molecule has 1 heterocycles. The fourth-order valence-corrected chi connectivity index (χ4v) is 2.25. The number of hydrogen-bond acceptors (Lipinski definition) is 2. The number of aromatic nitrogens is 2. The summed E-state index contributed by atoms with van der Waals surface area (Å²) in [4.78, 5) is 0. The smallest absolute Gasteiger partial charge is 0.165 e. The second-order valence-electron chi connectivity index (χ2n) is 4.90. The van der Waals surface area contributed by atoms with Crippen LogP contribution in [0.4, 0.5) is 0 Å². The molecule has 2 aromatic carbocycles. The molecule has 0 saturated carbocycles. The Kier molecular flexibility index (Phi) is 3.03. The SMILES string of the molecule is Cc1ccc(-n2nc(C)c(O)c2-c2ccccc2)cc1. The molecule has 0 aliphatic rings. The summed E-state index contributed by atoms with van der Waals surface area (Å²) in [5, 5.41) is 14.8. The van der Waals surface area contributed by atoms with Crippen molar-refractivity contribution in [3.63, 3.8) is 0 Å². The Labute approximate surface area is 118 Å². The van der Waals surface area contributed by atoms with E-state index < -0.39 is 0 Å². The molecule has 1 N–H and O–H groups in total. The van der Waals surface area contributed by atoms with E-state index in [0.717, 1.165) is 16.9 Å². The van der Waals surface area contributed by atoms with E-state index in [-0.39, 0.29) is 5.75 Å². The van der Waals surface area contributed by atoms with Gasteiger partial charge in [-0.05, 0) is 26.0 Å². The van der Waals surface area contributed by atoms with Gasteiger partial charge in [0.2, 0.25) is 0 Å². The van der Waals surface area contributed by atoms with Gasteiger partial charge in [-0.25, -0.2) is 4.68 Å². The molecule has 0 atom stereocenters. The molecule has 3 aromatic rings. The lowest BCUT2D eigenvalue weighted by Crippen LogP contribution is -1.99. The van der Waals surface area contributed by atoms with Crippen molar-refractivity contribution in [2.24, 2.45) is 0 Å². The molecule has 20 heavy (non-hydrogen) atoms. The molecule has 3 heteroatoms. The van der Waals surface area contributed by atoms with Crippen molar-refractivity contribution in [2.75, 3.05) is 0 Å². The number of aryl methyl sites for hydroxylation is 2. The molecule has 0 fully saturated rings. The van der Waals surface area contributed by atoms with Gasteiger partial charge in [0.15, 0.2) is 5.75 Å². The second kappa shape index (κ2) is 4.85. The minimum atomic E-state index is 0.233. The largest absolute Gasteiger partial charge is 0.504 e. The van der Waals surface area contributed by atoms with Crippen LogP contribution in [0.5, 0.6) is 5.75 Å². The zero-order chi connectivity index (χ0) is 14.1. The molecular weight excluding hydrogens is 248 g/mol. The number of hydrogen-bond donors (Lipinski definition) is 1. The standard InChI is InChI=1S/C17H16N2O/c1-12-8-10-15(11-9-12)19-16(17(20)13(2)18-19)14-6-4-3-5-7-14/h3-11,20H,1-2H3. The Hall–Kier alpha value is -2.55. The predicted octanol–water partition coefficient (Wildman–Crippen LogP) is 3.86. The van der Waals surface area contributed by atoms with Gasteiger partial charge in [-0.15, -0.1) is 0 Å². The maximum Gasteiger partial charge on any atom is 0.165 e. The average Bonchev–Trinajstić information content (AvgIpc) is 2.77. The Morgan fingerprint density at radius 3 is 2.20 bits per heavy atom. The lowest BCUT2D eigenvalue weighted by atomic mass is 10.1. The van der Waals surface area contributed by atoms with E-state index in [1.807, 2.05) is 68.4 Å². The van der Waals surface area contributed by atoms with Crippen LogP contribution in [0, 0.1) is 13.8 Å². The monoisotopic (exact) mass is 264 g/mol. The first-order valence-electron chi connectivity index (χ1n) is 6.58. The quantitative estimate of drug-likeness (QED) is 0.763. The zero-order valence-corrected chi connectivity index (χ0v) is 11.5. The Morgan fingerprint density at radius 2 is 1.55 bits per heavy atom. The summed E-state index contributed by atoms with van der Waals surface area (Å²) in [6.07, 6.45) is 0. The molecule has 100 valence electrons. The number of benzene rings is 2. The topological polar surface area (TPSA) is 38.0 Å². The molecule has 0 radical (unpaired) electrons. The van der Waals surface area contributed by atoms with Gasteiger partial charge in [-0.2, -0.15) is 5.10 Å². The van der Waals surface area contributed by atoms with Crippen LogP contribution >= 0.6 is 0 Å². The number of rotatable bonds is 2. The fraction of sp³-hybridized carbons (Fsp3) is 0.118. The van der Waals surface area contributed by atoms with Gasteiger partial charge in [0, 0.05) is 5.56 Å². The summed E-state index contributed by atoms with van der Waals surface area (Å²) in [7, 11) is 0. The maximum atomic E-state index is 10.3. The highest BCUT2D eigenvalue weighted by molar-refractivity contribution is 5.69. The summed E-state index contributed by atoms with van der Waals surface area (Å²) in [6, 6.07) is 17.9. The second-order valence-corrected chi connectivity index (χ2v) is 4.90. The van der Waals surface area contributed by atoms with Crippen LogP contribution in [0.2, 0.25) is 0 Å². The maximum absolute atomic E-state index is 10.3. The van der Waals surface area contributed by atoms with Crippen molar-refractivity contribution in [3.8, 4) is 22.7 Å². The van der Waals surface area contributed by atoms with E-state index in [1.165, 1.54) is 5.56 Å². The molecule has 0 bridgehead atoms. The van der Waals surface area contributed by atoms with Crippen molar-refractivity contribution >= 4 is 0 Å². The summed E-state index contributed by atoms with van der Waals surface area (Å²) >= 11 is 0. The van der Waals surface area contributed by atoms with Crippen LogP contribution in [0.15, 0.2) is 54.6 Å². The molecule has 1 aromatic heterocycles. The first kappa shape index (κ1) is 12.5. The van der Waals surface area contributed by atoms with E-state index in [4.69, 9.17) is 0 Å². The number of nitrogens with zero attached hydrogens (tertiary/aromatic N) is 2. The van der Waals surface area contributed by atoms with E-state index in [1.54, 1.807) is 4.68 Å². The van der Waals surface area contributed by atoms with Crippen molar-refractivity contribution in [2.45, 2.75) is 13.8 Å². The van der Waals surface area contributed by atoms with E-state index >= 15 is 0 Å². The van der Waals surface area contributed by atoms with E-state index in [0.29, 0.717) is 5.69 Å². The zero-order valence-electron chi connectivity index (χ0n) is 11.5. The third kappa shape index (κ3) is 2.07. The van der Waals surface area contributed by atoms with Crippen molar-refractivity contribution < 1.29 is 5.11 Å². The van der Waals surface area contributed by atoms with Gasteiger partial charge in [0.25, 0.3) is 0 Å². The van der Waals surface area contributed by atoms with Crippen LogP contribution < -0.4 is 0 Å². The van der Waals surface area contributed by atoms with Gasteiger partial charge >= 0.3 is 0 Å². The van der Waals surface area contributed by atoms with Crippen LogP contribution in [-0.4, -0.2) is 14.9 Å². The molecule has 0 spiro atoms. The highest BCUT2D eigenvalue weighted by atomic mass is 16.3. The van der Waals surface area contributed by atoms with Gasteiger partial charge in [-0.3, -0.25) is 0 Å². The Morgan fingerprint density at radius 1 is 0.900 bits per heavy atom. The van der Waals surface area contributed by atoms with E-state index in [2.05, 4.69) is 5.10 Å². The molecule has 3 nitrogen and oxygen atoms in total. The Balaban J connectivity index is 2.22. The lowest BCUT2D eigenvalue weighted by Gasteiger charge is -2.08. The first-order valence-corrected chi connectivity index (χ1v) is 6.58. The molecule has 0 saturated heterocycles. The van der Waals surface area contributed by atoms with Crippen LogP contribution in [-0.2, 0) is 0 Å². The molecule has 0 aliphatic carbocycles. The summed E-state index contributed by atoms with van der Waals surface area (Å²) in [5.41, 5.74) is 4.45. The number of aromatic hydroxyl groups is 1. The first-order chi connectivity index (χ1) is 9.66. The Bertz CT molecular complexity index is 728. The molecule has 0 aliphatic heterocycles. The van der Waals surface area contributed by atoms with Gasteiger partial charge in [0.05, 0.1) is 5.69 Å². The van der Waals surface area contributed by atoms with Crippen molar-refractivity contribution in [3.05, 3.63) is 65.9 Å². The van der Waals surface area contributed by atoms with Crippen molar-refractivity contribution in [1.82, 2.24) is 9.78 Å². The molecule has 0 unspecified atom stereocenters. The van der Waals surface area contributed by atoms with Gasteiger partial charge in [-0.1, -0.05) is 48.0 Å². The van der Waals surface area contributed by atoms with Crippen molar-refractivity contribution in [1.29, 1.82) is 0 Å². The molecule has 0 amide bonds. The van der Waals surface area contributed by atoms with E-state index in [9.17, 15) is 5.11 Å². The lowest BCUT2D eigenvalue weighted by molar-refractivity contribution is 0.473. The normalized spacial score (nSPS) is 10.7. The minimum absolute atomic E-state index is 0.233. The van der Waals surface area contributed by atoms with Crippen LogP contribution in [0.1, 0.15) is 11.3 Å². The summed E-state index contributed by atoms with van der Waals surface area (Å²) in [6.45, 7) is 3.86. The molecular formula is C17H16N2O. The van der Waals surface area contributed by atoms with Crippen LogP contribution in [0.3, 0.4) is 0 Å². The fourth-order valence-electron chi connectivity index (χ4n) is 2.25. The van der Waals surface area contributed by atoms with Gasteiger partial charge in [0.1, 0.15) is 11.4 Å². The third-order valence-electron chi connectivity index (χ3n) is 3.35. The highest BCUT2D eigenvalue weighted by Gasteiger charge is 2.16. The van der Waals surface area contributed by atoms with Crippen LogP contribution in [0.25, 0.3) is 16.9 Å². The van der Waals surface area contributed by atoms with Gasteiger partial charge < -0.3 is 5.11 Å².